The second-order valence-corrected chi connectivity index (χ2v) is 6.48. The van der Waals surface area contributed by atoms with Crippen LogP contribution in [0.15, 0.2) is 24.3 Å². The lowest BCUT2D eigenvalue weighted by atomic mass is 10.1. The fraction of sp³-hybridized carbons (Fsp3) is 0.667. The molecule has 0 saturated heterocycles. The fourth-order valence-corrected chi connectivity index (χ4v) is 2.12. The molecule has 1 atom stereocenters. The molecule has 1 N–H and O–H groups in total. The first-order chi connectivity index (χ1) is 13.6. The summed E-state index contributed by atoms with van der Waals surface area (Å²) in [6, 6.07) is 7.21. The average Bonchev–Trinajstić information content (AvgIpc) is 2.68. The minimum atomic E-state index is -0.0954. The van der Waals surface area contributed by atoms with Crippen molar-refractivity contribution in [1.29, 1.82) is 0 Å². The van der Waals surface area contributed by atoms with E-state index in [1.807, 2.05) is 12.1 Å². The molecule has 1 rings (SSSR count). The number of nitrogens with one attached hydrogen (secondary N) is 1. The monoisotopic (exact) mass is 397 g/mol. The van der Waals surface area contributed by atoms with E-state index in [0.717, 1.165) is 24.5 Å². The predicted octanol–water partition coefficient (Wildman–Crippen LogP) is 3.14. The van der Waals surface area contributed by atoms with Gasteiger partial charge in [0.25, 0.3) is 0 Å². The zero-order valence-electron chi connectivity index (χ0n) is 17.4. The molecule has 160 valence electrons. The van der Waals surface area contributed by atoms with Gasteiger partial charge in [-0.05, 0) is 30.2 Å². The molecule has 0 saturated carbocycles. The molecular weight excluding hydrogens is 362 g/mol. The normalized spacial score (nSPS) is 12.0. The van der Waals surface area contributed by atoms with Crippen molar-refractivity contribution >= 4 is 11.6 Å². The van der Waals surface area contributed by atoms with E-state index >= 15 is 0 Å². The quantitative estimate of drug-likeness (QED) is 0.407. The Bertz CT molecular complexity index is 508. The highest BCUT2D eigenvalue weighted by molar-refractivity contribution is 5.88. The number of rotatable bonds is 17. The van der Waals surface area contributed by atoms with Crippen LogP contribution in [0.4, 0.5) is 5.69 Å². The maximum absolute atomic E-state index is 11.0. The summed E-state index contributed by atoms with van der Waals surface area (Å²) in [7, 11) is 0. The van der Waals surface area contributed by atoms with Crippen molar-refractivity contribution in [2.45, 2.75) is 27.2 Å². The number of benzene rings is 1. The Balaban J connectivity index is 1.85. The van der Waals surface area contributed by atoms with Crippen molar-refractivity contribution in [3.63, 3.8) is 0 Å². The van der Waals surface area contributed by atoms with Crippen molar-refractivity contribution in [3.05, 3.63) is 24.3 Å². The van der Waals surface area contributed by atoms with Crippen LogP contribution in [-0.2, 0) is 23.7 Å². The summed E-state index contributed by atoms with van der Waals surface area (Å²) in [5, 5.41) is 2.71. The standard InChI is InChI=1S/C21H35NO6/c1-4-18(2)17-27-14-13-25-10-9-24-11-12-26-15-16-28-21-7-5-20(6-8-21)22-19(3)23/h5-8,18H,4,9-17H2,1-3H3,(H,22,23). The molecule has 1 aromatic carbocycles. The van der Waals surface area contributed by atoms with Crippen LogP contribution in [0.2, 0.25) is 0 Å². The number of ether oxygens (including phenoxy) is 5. The summed E-state index contributed by atoms with van der Waals surface area (Å²) in [6.07, 6.45) is 1.13. The van der Waals surface area contributed by atoms with Crippen LogP contribution in [0.5, 0.6) is 5.75 Å². The van der Waals surface area contributed by atoms with Crippen LogP contribution in [0, 0.1) is 5.92 Å². The van der Waals surface area contributed by atoms with Crippen LogP contribution in [0.25, 0.3) is 0 Å². The first-order valence-corrected chi connectivity index (χ1v) is 9.93. The number of anilines is 1. The van der Waals surface area contributed by atoms with E-state index in [4.69, 9.17) is 23.7 Å². The molecule has 1 aromatic rings. The Labute approximate surface area is 168 Å². The lowest BCUT2D eigenvalue weighted by Gasteiger charge is -2.10. The van der Waals surface area contributed by atoms with Gasteiger partial charge in [0, 0.05) is 19.2 Å². The van der Waals surface area contributed by atoms with Crippen LogP contribution in [0.1, 0.15) is 27.2 Å². The Morgan fingerprint density at radius 1 is 0.857 bits per heavy atom. The van der Waals surface area contributed by atoms with Crippen molar-refractivity contribution < 1.29 is 28.5 Å². The molecule has 7 nitrogen and oxygen atoms in total. The zero-order valence-corrected chi connectivity index (χ0v) is 17.4. The molecule has 0 fully saturated rings. The first kappa shape index (κ1) is 24.4. The summed E-state index contributed by atoms with van der Waals surface area (Å²) < 4.78 is 27.4. The molecule has 0 spiro atoms. The van der Waals surface area contributed by atoms with E-state index < -0.39 is 0 Å². The molecule has 1 amide bonds. The summed E-state index contributed by atoms with van der Waals surface area (Å²) in [6.45, 7) is 10.9. The maximum Gasteiger partial charge on any atom is 0.221 e. The lowest BCUT2D eigenvalue weighted by Crippen LogP contribution is -2.14. The molecular formula is C21H35NO6. The van der Waals surface area contributed by atoms with Gasteiger partial charge in [-0.25, -0.2) is 0 Å². The number of hydrogen-bond donors (Lipinski definition) is 1. The largest absolute Gasteiger partial charge is 0.491 e. The number of amides is 1. The van der Waals surface area contributed by atoms with E-state index in [2.05, 4.69) is 19.2 Å². The maximum atomic E-state index is 11.0. The highest BCUT2D eigenvalue weighted by atomic mass is 16.6. The van der Waals surface area contributed by atoms with Gasteiger partial charge in [0.1, 0.15) is 12.4 Å². The van der Waals surface area contributed by atoms with Crippen molar-refractivity contribution in [3.8, 4) is 5.75 Å². The first-order valence-electron chi connectivity index (χ1n) is 9.93. The molecule has 0 aromatic heterocycles. The molecule has 0 aliphatic rings. The summed E-state index contributed by atoms with van der Waals surface area (Å²) >= 11 is 0. The fourth-order valence-electron chi connectivity index (χ4n) is 2.12. The second-order valence-electron chi connectivity index (χ2n) is 6.48. The third-order valence-electron chi connectivity index (χ3n) is 3.89. The van der Waals surface area contributed by atoms with Gasteiger partial charge in [-0.15, -0.1) is 0 Å². The summed E-state index contributed by atoms with van der Waals surface area (Å²) in [5.41, 5.74) is 0.746. The van der Waals surface area contributed by atoms with Crippen LogP contribution in [-0.4, -0.2) is 65.4 Å². The number of carbonyl (C=O) groups excluding carboxylic acids is 1. The highest BCUT2D eigenvalue weighted by Gasteiger charge is 1.99. The van der Waals surface area contributed by atoms with E-state index in [1.54, 1.807) is 12.1 Å². The molecule has 0 aliphatic carbocycles. The molecule has 7 heteroatoms. The van der Waals surface area contributed by atoms with Gasteiger partial charge < -0.3 is 29.0 Å². The van der Waals surface area contributed by atoms with Crippen molar-refractivity contribution in [2.24, 2.45) is 5.92 Å². The predicted molar refractivity (Wildman–Crippen MR) is 109 cm³/mol. The Kier molecular flexibility index (Phi) is 14.2. The topological polar surface area (TPSA) is 75.2 Å². The third-order valence-corrected chi connectivity index (χ3v) is 3.89. The van der Waals surface area contributed by atoms with Crippen LogP contribution >= 0.6 is 0 Å². The minimum Gasteiger partial charge on any atom is -0.491 e. The third kappa shape index (κ3) is 13.5. The van der Waals surface area contributed by atoms with E-state index in [0.29, 0.717) is 58.8 Å². The molecule has 0 aliphatic heterocycles. The Hall–Kier alpha value is -1.67. The average molecular weight is 398 g/mol. The summed E-state index contributed by atoms with van der Waals surface area (Å²) in [4.78, 5) is 11.0. The van der Waals surface area contributed by atoms with Gasteiger partial charge in [-0.1, -0.05) is 20.3 Å². The van der Waals surface area contributed by atoms with Gasteiger partial charge in [0.05, 0.1) is 46.2 Å². The van der Waals surface area contributed by atoms with Crippen LogP contribution in [0.3, 0.4) is 0 Å². The van der Waals surface area contributed by atoms with E-state index in [1.165, 1.54) is 6.92 Å². The molecule has 0 bridgehead atoms. The lowest BCUT2D eigenvalue weighted by molar-refractivity contribution is -0.114. The summed E-state index contributed by atoms with van der Waals surface area (Å²) in [5.74, 6) is 1.24. The Morgan fingerprint density at radius 3 is 1.86 bits per heavy atom. The van der Waals surface area contributed by atoms with Crippen molar-refractivity contribution in [1.82, 2.24) is 0 Å². The number of hydrogen-bond acceptors (Lipinski definition) is 6. The molecule has 0 radical (unpaired) electrons. The molecule has 1 unspecified atom stereocenters. The minimum absolute atomic E-state index is 0.0954. The van der Waals surface area contributed by atoms with Crippen molar-refractivity contribution in [2.75, 3.05) is 64.8 Å². The zero-order chi connectivity index (χ0) is 20.5. The number of carbonyl (C=O) groups is 1. The van der Waals surface area contributed by atoms with Gasteiger partial charge in [-0.3, -0.25) is 4.79 Å². The van der Waals surface area contributed by atoms with Gasteiger partial charge >= 0.3 is 0 Å². The van der Waals surface area contributed by atoms with E-state index in [-0.39, 0.29) is 5.91 Å². The Morgan fingerprint density at radius 2 is 1.36 bits per heavy atom. The molecule has 28 heavy (non-hydrogen) atoms. The SMILES string of the molecule is CCC(C)COCCOCCOCCOCCOc1ccc(NC(C)=O)cc1. The van der Waals surface area contributed by atoms with E-state index in [9.17, 15) is 4.79 Å². The second kappa shape index (κ2) is 16.3. The van der Waals surface area contributed by atoms with Gasteiger partial charge in [0.15, 0.2) is 0 Å². The van der Waals surface area contributed by atoms with Gasteiger partial charge in [-0.2, -0.15) is 0 Å². The molecule has 0 heterocycles. The van der Waals surface area contributed by atoms with Gasteiger partial charge in [0.2, 0.25) is 5.91 Å². The smallest absolute Gasteiger partial charge is 0.221 e. The highest BCUT2D eigenvalue weighted by Crippen LogP contribution is 2.15. The van der Waals surface area contributed by atoms with Crippen LogP contribution < -0.4 is 10.1 Å².